The minimum Gasteiger partial charge on any atom is -0.466 e. The molecule has 2 aromatic heterocycles. The van der Waals surface area contributed by atoms with E-state index in [1.165, 1.54) is 4.90 Å². The minimum absolute atomic E-state index is 0.205. The van der Waals surface area contributed by atoms with Gasteiger partial charge < -0.3 is 13.9 Å². The molecule has 0 saturated heterocycles. The molecule has 0 unspecified atom stereocenters. The van der Waals surface area contributed by atoms with E-state index < -0.39 is 24.5 Å². The highest BCUT2D eigenvalue weighted by Crippen LogP contribution is 2.28. The summed E-state index contributed by atoms with van der Waals surface area (Å²) in [6, 6.07) is 10.9. The van der Waals surface area contributed by atoms with Crippen LogP contribution >= 0.6 is 11.3 Å². The van der Waals surface area contributed by atoms with Crippen molar-refractivity contribution in [1.29, 1.82) is 0 Å². The van der Waals surface area contributed by atoms with Crippen LogP contribution in [0.15, 0.2) is 40.8 Å². The van der Waals surface area contributed by atoms with Crippen LogP contribution in [0.1, 0.15) is 49.7 Å². The summed E-state index contributed by atoms with van der Waals surface area (Å²) in [6.07, 6.45) is 0. The van der Waals surface area contributed by atoms with Gasteiger partial charge >= 0.3 is 11.9 Å². The molecule has 1 amide bonds. The Kier molecular flexibility index (Phi) is 7.42. The molecule has 168 valence electrons. The van der Waals surface area contributed by atoms with Gasteiger partial charge in [-0.25, -0.2) is 14.6 Å². The second-order valence-electron chi connectivity index (χ2n) is 7.00. The quantitative estimate of drug-likeness (QED) is 0.468. The van der Waals surface area contributed by atoms with Crippen molar-refractivity contribution < 1.29 is 28.3 Å². The van der Waals surface area contributed by atoms with E-state index in [-0.39, 0.29) is 18.7 Å². The Morgan fingerprint density at radius 1 is 1.06 bits per heavy atom. The van der Waals surface area contributed by atoms with Crippen LogP contribution < -0.4 is 4.90 Å². The third-order valence-corrected chi connectivity index (χ3v) is 5.71. The first-order valence-corrected chi connectivity index (χ1v) is 10.8. The number of aryl methyl sites for hydroxylation is 3. The summed E-state index contributed by atoms with van der Waals surface area (Å²) >= 11 is 1.06. The number of carbonyl (C=O) groups excluding carboxylic acids is 3. The maximum Gasteiger partial charge on any atom is 0.350 e. The van der Waals surface area contributed by atoms with E-state index in [4.69, 9.17) is 13.9 Å². The monoisotopic (exact) mass is 456 g/mol. The van der Waals surface area contributed by atoms with Crippen molar-refractivity contribution in [3.05, 3.63) is 69.6 Å². The van der Waals surface area contributed by atoms with Gasteiger partial charge in [0.2, 0.25) is 0 Å². The van der Waals surface area contributed by atoms with Crippen molar-refractivity contribution in [2.24, 2.45) is 0 Å². The van der Waals surface area contributed by atoms with E-state index in [9.17, 15) is 14.4 Å². The number of amides is 1. The Morgan fingerprint density at radius 3 is 2.41 bits per heavy atom. The van der Waals surface area contributed by atoms with E-state index in [1.807, 2.05) is 30.3 Å². The van der Waals surface area contributed by atoms with E-state index >= 15 is 0 Å². The molecule has 9 heteroatoms. The first-order chi connectivity index (χ1) is 15.3. The van der Waals surface area contributed by atoms with Crippen molar-refractivity contribution in [3.8, 4) is 0 Å². The van der Waals surface area contributed by atoms with Gasteiger partial charge in [0.05, 0.1) is 18.8 Å². The summed E-state index contributed by atoms with van der Waals surface area (Å²) in [7, 11) is 0. The zero-order valence-electron chi connectivity index (χ0n) is 18.3. The lowest BCUT2D eigenvalue weighted by Crippen LogP contribution is -2.34. The van der Waals surface area contributed by atoms with Gasteiger partial charge in [-0.05, 0) is 39.3 Å². The average molecular weight is 457 g/mol. The smallest absolute Gasteiger partial charge is 0.350 e. The number of carbonyl (C=O) groups is 3. The fourth-order valence-corrected chi connectivity index (χ4v) is 4.01. The van der Waals surface area contributed by atoms with Gasteiger partial charge in [-0.3, -0.25) is 9.69 Å². The van der Waals surface area contributed by atoms with Crippen molar-refractivity contribution in [1.82, 2.24) is 4.98 Å². The van der Waals surface area contributed by atoms with Crippen molar-refractivity contribution in [3.63, 3.8) is 0 Å². The molecule has 0 spiro atoms. The van der Waals surface area contributed by atoms with Gasteiger partial charge in [0.15, 0.2) is 11.7 Å². The van der Waals surface area contributed by atoms with Crippen LogP contribution in [0.4, 0.5) is 5.13 Å². The molecule has 0 saturated carbocycles. The first-order valence-electron chi connectivity index (χ1n) is 10.0. The lowest BCUT2D eigenvalue weighted by molar-refractivity contribution is -0.121. The number of furan rings is 1. The number of anilines is 1. The van der Waals surface area contributed by atoms with Gasteiger partial charge in [0, 0.05) is 0 Å². The van der Waals surface area contributed by atoms with Crippen LogP contribution in [-0.4, -0.2) is 36.0 Å². The number of hydrogen-bond donors (Lipinski definition) is 0. The fraction of sp³-hybridized carbons (Fsp3) is 0.304. The molecule has 0 fully saturated rings. The number of hydrogen-bond acceptors (Lipinski definition) is 8. The first kappa shape index (κ1) is 23.2. The number of benzene rings is 1. The predicted octanol–water partition coefficient (Wildman–Crippen LogP) is 4.23. The van der Waals surface area contributed by atoms with Gasteiger partial charge in [-0.2, -0.15) is 0 Å². The third kappa shape index (κ3) is 5.42. The third-order valence-electron chi connectivity index (χ3n) is 4.55. The molecule has 3 aromatic rings. The van der Waals surface area contributed by atoms with Gasteiger partial charge in [0.1, 0.15) is 22.0 Å². The molecule has 0 N–H and O–H groups in total. The summed E-state index contributed by atoms with van der Waals surface area (Å²) < 4.78 is 15.7. The summed E-state index contributed by atoms with van der Waals surface area (Å²) in [4.78, 5) is 43.8. The van der Waals surface area contributed by atoms with Crippen LogP contribution in [-0.2, 0) is 20.8 Å². The Balaban J connectivity index is 1.82. The highest BCUT2D eigenvalue weighted by molar-refractivity contribution is 7.17. The van der Waals surface area contributed by atoms with E-state index in [1.54, 1.807) is 33.8 Å². The van der Waals surface area contributed by atoms with Crippen LogP contribution in [0, 0.1) is 20.8 Å². The number of rotatable bonds is 8. The number of nitrogens with zero attached hydrogens (tertiary/aromatic N) is 2. The zero-order valence-corrected chi connectivity index (χ0v) is 19.2. The van der Waals surface area contributed by atoms with E-state index in [0.29, 0.717) is 27.2 Å². The Bertz CT molecular complexity index is 1120. The molecule has 0 radical (unpaired) electrons. The van der Waals surface area contributed by atoms with Crippen LogP contribution in [0.2, 0.25) is 0 Å². The molecule has 3 rings (SSSR count). The SMILES string of the molecule is CCOC(=O)c1sc(N(Cc2ccccc2)C(=O)COC(=O)c2cc(C)oc2C)nc1C. The van der Waals surface area contributed by atoms with Crippen LogP contribution in [0.25, 0.3) is 0 Å². The number of aromatic nitrogens is 1. The maximum absolute atomic E-state index is 13.1. The highest BCUT2D eigenvalue weighted by atomic mass is 32.1. The largest absolute Gasteiger partial charge is 0.466 e. The summed E-state index contributed by atoms with van der Waals surface area (Å²) in [6.45, 7) is 6.74. The van der Waals surface area contributed by atoms with Crippen LogP contribution in [0.3, 0.4) is 0 Å². The lowest BCUT2D eigenvalue weighted by atomic mass is 10.2. The molecule has 0 aliphatic heterocycles. The van der Waals surface area contributed by atoms with E-state index in [2.05, 4.69) is 4.98 Å². The summed E-state index contributed by atoms with van der Waals surface area (Å²) in [5.41, 5.74) is 1.61. The normalized spacial score (nSPS) is 10.6. The second kappa shape index (κ2) is 10.2. The van der Waals surface area contributed by atoms with Gasteiger partial charge in [0.25, 0.3) is 5.91 Å². The maximum atomic E-state index is 13.1. The fourth-order valence-electron chi connectivity index (χ4n) is 3.03. The van der Waals surface area contributed by atoms with Gasteiger partial charge in [-0.15, -0.1) is 0 Å². The summed E-state index contributed by atoms with van der Waals surface area (Å²) in [5, 5.41) is 0.325. The Hall–Kier alpha value is -3.46. The number of thiazole rings is 1. The standard InChI is InChI=1S/C23H24N2O6S/c1-5-29-22(28)20-15(3)24-23(32-20)25(12-17-9-7-6-8-10-17)19(26)13-30-21(27)18-11-14(2)31-16(18)4/h6-11H,5,12-13H2,1-4H3. The molecular formula is C23H24N2O6S. The number of ether oxygens (including phenoxy) is 2. The Morgan fingerprint density at radius 2 is 1.78 bits per heavy atom. The highest BCUT2D eigenvalue weighted by Gasteiger charge is 2.26. The molecule has 2 heterocycles. The second-order valence-corrected chi connectivity index (χ2v) is 7.98. The number of esters is 2. The zero-order chi connectivity index (χ0) is 23.3. The average Bonchev–Trinajstić information content (AvgIpc) is 3.32. The molecule has 0 aliphatic carbocycles. The van der Waals surface area contributed by atoms with Crippen molar-refractivity contribution >= 4 is 34.3 Å². The van der Waals surface area contributed by atoms with Crippen molar-refractivity contribution in [2.75, 3.05) is 18.1 Å². The molecule has 8 nitrogen and oxygen atoms in total. The van der Waals surface area contributed by atoms with Gasteiger partial charge in [-0.1, -0.05) is 41.7 Å². The minimum atomic E-state index is -0.644. The molecule has 32 heavy (non-hydrogen) atoms. The van der Waals surface area contributed by atoms with E-state index in [0.717, 1.165) is 16.9 Å². The van der Waals surface area contributed by atoms with Crippen LogP contribution in [0.5, 0.6) is 0 Å². The van der Waals surface area contributed by atoms with Crippen molar-refractivity contribution in [2.45, 2.75) is 34.2 Å². The molecule has 0 aliphatic rings. The molecular weight excluding hydrogens is 432 g/mol. The Labute approximate surface area is 189 Å². The topological polar surface area (TPSA) is 98.9 Å². The summed E-state index contributed by atoms with van der Waals surface area (Å²) in [5.74, 6) is -0.593. The predicted molar refractivity (Wildman–Crippen MR) is 119 cm³/mol. The molecule has 1 aromatic carbocycles. The molecule has 0 atom stereocenters. The molecule has 0 bridgehead atoms. The lowest BCUT2D eigenvalue weighted by Gasteiger charge is -2.20.